The molecule has 76 valence electrons. The molecule has 6 heteroatoms. The normalized spacial score (nSPS) is 9.71. The van der Waals surface area contributed by atoms with Gasteiger partial charge in [-0.1, -0.05) is 11.6 Å². The van der Waals surface area contributed by atoms with Gasteiger partial charge in [0.25, 0.3) is 0 Å². The summed E-state index contributed by atoms with van der Waals surface area (Å²) < 4.78 is 4.33. The van der Waals surface area contributed by atoms with Crippen LogP contribution in [0.4, 0.5) is 10.5 Å². The number of halogens is 1. The van der Waals surface area contributed by atoms with Gasteiger partial charge in [0.2, 0.25) is 0 Å². The van der Waals surface area contributed by atoms with E-state index in [1.807, 2.05) is 0 Å². The van der Waals surface area contributed by atoms with Gasteiger partial charge in [0.1, 0.15) is 5.15 Å². The number of ether oxygens (including phenoxy) is 1. The van der Waals surface area contributed by atoms with Gasteiger partial charge >= 0.3 is 6.09 Å². The molecule has 0 aromatic carbocycles. The predicted octanol–water partition coefficient (Wildman–Crippen LogP) is 2.01. The van der Waals surface area contributed by atoms with E-state index in [1.54, 1.807) is 6.92 Å². The molecule has 0 bridgehead atoms. The number of hydroxylamine groups is 1. The van der Waals surface area contributed by atoms with Crippen molar-refractivity contribution in [1.29, 1.82) is 0 Å². The van der Waals surface area contributed by atoms with Crippen molar-refractivity contribution >= 4 is 23.4 Å². The largest absolute Gasteiger partial charge is 0.451 e. The van der Waals surface area contributed by atoms with Crippen LogP contribution in [0.2, 0.25) is 5.15 Å². The van der Waals surface area contributed by atoms with Gasteiger partial charge < -0.3 is 4.74 Å². The average Bonchev–Trinajstić information content (AvgIpc) is 2.15. The maximum Gasteiger partial charge on any atom is 0.438 e. The number of amides is 1. The summed E-state index contributed by atoms with van der Waals surface area (Å²) in [4.78, 5) is 14.7. The summed E-state index contributed by atoms with van der Waals surface area (Å²) in [6.07, 6.45) is 0.409. The molecule has 0 unspecified atom stereocenters. The SMILES string of the molecule is COC(=O)N(O)c1cnc(Cl)cc1C. The molecule has 0 fully saturated rings. The maximum atomic E-state index is 10.9. The van der Waals surface area contributed by atoms with E-state index in [-0.39, 0.29) is 5.69 Å². The van der Waals surface area contributed by atoms with Gasteiger partial charge in [-0.05, 0) is 18.6 Å². The van der Waals surface area contributed by atoms with Crippen molar-refractivity contribution in [1.82, 2.24) is 4.98 Å². The summed E-state index contributed by atoms with van der Waals surface area (Å²) in [6.45, 7) is 1.69. The molecule has 0 saturated carbocycles. The monoisotopic (exact) mass is 216 g/mol. The summed E-state index contributed by atoms with van der Waals surface area (Å²) in [7, 11) is 1.17. The predicted molar refractivity (Wildman–Crippen MR) is 50.7 cm³/mol. The van der Waals surface area contributed by atoms with E-state index in [4.69, 9.17) is 11.6 Å². The molecule has 0 spiro atoms. The highest BCUT2D eigenvalue weighted by molar-refractivity contribution is 6.29. The first-order valence-electron chi connectivity index (χ1n) is 3.75. The van der Waals surface area contributed by atoms with Crippen molar-refractivity contribution < 1.29 is 14.7 Å². The van der Waals surface area contributed by atoms with E-state index in [2.05, 4.69) is 9.72 Å². The van der Waals surface area contributed by atoms with Gasteiger partial charge in [-0.25, -0.2) is 9.78 Å². The van der Waals surface area contributed by atoms with Crippen LogP contribution in [0.1, 0.15) is 5.56 Å². The number of methoxy groups -OCH3 is 1. The zero-order chi connectivity index (χ0) is 10.7. The van der Waals surface area contributed by atoms with Gasteiger partial charge in [0.05, 0.1) is 19.0 Å². The van der Waals surface area contributed by atoms with Crippen LogP contribution in [0.25, 0.3) is 0 Å². The van der Waals surface area contributed by atoms with Crippen LogP contribution >= 0.6 is 11.6 Å². The first-order chi connectivity index (χ1) is 6.56. The van der Waals surface area contributed by atoms with E-state index in [9.17, 15) is 10.0 Å². The zero-order valence-electron chi connectivity index (χ0n) is 7.69. The third kappa shape index (κ3) is 2.12. The Labute approximate surface area is 85.8 Å². The summed E-state index contributed by atoms with van der Waals surface area (Å²) >= 11 is 5.61. The van der Waals surface area contributed by atoms with Crippen LogP contribution in [0.5, 0.6) is 0 Å². The highest BCUT2D eigenvalue weighted by atomic mass is 35.5. The lowest BCUT2D eigenvalue weighted by Gasteiger charge is -2.14. The molecular formula is C8H9ClN2O3. The smallest absolute Gasteiger partial charge is 0.438 e. The molecule has 1 rings (SSSR count). The Bertz CT molecular complexity index is 356. The van der Waals surface area contributed by atoms with E-state index >= 15 is 0 Å². The molecule has 0 aliphatic carbocycles. The lowest BCUT2D eigenvalue weighted by Crippen LogP contribution is -2.27. The number of aromatic nitrogens is 1. The third-order valence-corrected chi connectivity index (χ3v) is 1.83. The van der Waals surface area contributed by atoms with Crippen molar-refractivity contribution in [2.45, 2.75) is 6.92 Å². The van der Waals surface area contributed by atoms with Gasteiger partial charge in [0.15, 0.2) is 0 Å². The fourth-order valence-electron chi connectivity index (χ4n) is 0.921. The number of rotatable bonds is 1. The van der Waals surface area contributed by atoms with E-state index < -0.39 is 6.09 Å². The first kappa shape index (κ1) is 10.7. The summed E-state index contributed by atoms with van der Waals surface area (Å²) in [5, 5.41) is 10.0. The Morgan fingerprint density at radius 3 is 2.86 bits per heavy atom. The van der Waals surface area contributed by atoms with Crippen LogP contribution < -0.4 is 5.06 Å². The zero-order valence-corrected chi connectivity index (χ0v) is 8.45. The maximum absolute atomic E-state index is 10.9. The number of aryl methyl sites for hydroxylation is 1. The lowest BCUT2D eigenvalue weighted by molar-refractivity contribution is 0.140. The van der Waals surface area contributed by atoms with Crippen LogP contribution in [-0.4, -0.2) is 23.4 Å². The Kier molecular flexibility index (Phi) is 3.27. The van der Waals surface area contributed by atoms with Crippen LogP contribution in [0.3, 0.4) is 0 Å². The average molecular weight is 217 g/mol. The van der Waals surface area contributed by atoms with Gasteiger partial charge in [-0.2, -0.15) is 5.06 Å². The second-order valence-corrected chi connectivity index (χ2v) is 2.96. The summed E-state index contributed by atoms with van der Waals surface area (Å²) in [5.41, 5.74) is 0.860. The van der Waals surface area contributed by atoms with Gasteiger partial charge in [-0.3, -0.25) is 5.21 Å². The number of carbonyl (C=O) groups is 1. The Morgan fingerprint density at radius 2 is 2.36 bits per heavy atom. The molecule has 1 amide bonds. The summed E-state index contributed by atoms with van der Waals surface area (Å²) in [5.74, 6) is 0. The molecule has 0 saturated heterocycles. The minimum absolute atomic E-state index is 0.237. The topological polar surface area (TPSA) is 62.7 Å². The standard InChI is InChI=1S/C8H9ClN2O3/c1-5-3-7(9)10-4-6(5)11(13)8(12)14-2/h3-4,13H,1-2H3. The molecule has 0 atom stereocenters. The number of hydrogen-bond donors (Lipinski definition) is 1. The Morgan fingerprint density at radius 1 is 1.71 bits per heavy atom. The van der Waals surface area contributed by atoms with E-state index in [0.29, 0.717) is 15.8 Å². The first-order valence-corrected chi connectivity index (χ1v) is 4.13. The van der Waals surface area contributed by atoms with Crippen LogP contribution in [-0.2, 0) is 4.74 Å². The summed E-state index contributed by atoms with van der Waals surface area (Å²) in [6, 6.07) is 1.53. The molecule has 1 aromatic rings. The molecule has 14 heavy (non-hydrogen) atoms. The molecule has 5 nitrogen and oxygen atoms in total. The number of pyridine rings is 1. The Balaban J connectivity index is 3.01. The third-order valence-electron chi connectivity index (χ3n) is 1.63. The lowest BCUT2D eigenvalue weighted by atomic mass is 10.2. The van der Waals surface area contributed by atoms with Crippen molar-refractivity contribution in [3.8, 4) is 0 Å². The molecule has 0 radical (unpaired) electrons. The van der Waals surface area contributed by atoms with Crippen LogP contribution in [0, 0.1) is 6.92 Å². The Hall–Kier alpha value is -1.33. The second kappa shape index (κ2) is 4.26. The minimum Gasteiger partial charge on any atom is -0.451 e. The fraction of sp³-hybridized carbons (Fsp3) is 0.250. The van der Waals surface area contributed by atoms with Crippen molar-refractivity contribution in [2.24, 2.45) is 0 Å². The highest BCUT2D eigenvalue weighted by Gasteiger charge is 2.15. The molecule has 1 aromatic heterocycles. The van der Waals surface area contributed by atoms with Crippen molar-refractivity contribution in [3.05, 3.63) is 23.0 Å². The van der Waals surface area contributed by atoms with E-state index in [1.165, 1.54) is 19.4 Å². The van der Waals surface area contributed by atoms with Gasteiger partial charge in [-0.15, -0.1) is 0 Å². The minimum atomic E-state index is -0.878. The second-order valence-electron chi connectivity index (χ2n) is 2.58. The number of carbonyl (C=O) groups excluding carboxylic acids is 1. The van der Waals surface area contributed by atoms with Gasteiger partial charge in [0, 0.05) is 0 Å². The quantitative estimate of drug-likeness (QED) is 0.443. The molecule has 1 N–H and O–H groups in total. The molecule has 0 aliphatic rings. The van der Waals surface area contributed by atoms with E-state index in [0.717, 1.165) is 0 Å². The number of nitrogens with zero attached hydrogens (tertiary/aromatic N) is 2. The highest BCUT2D eigenvalue weighted by Crippen LogP contribution is 2.20. The van der Waals surface area contributed by atoms with Crippen molar-refractivity contribution in [3.63, 3.8) is 0 Å². The van der Waals surface area contributed by atoms with Crippen molar-refractivity contribution in [2.75, 3.05) is 12.2 Å². The molecule has 1 heterocycles. The fourth-order valence-corrected chi connectivity index (χ4v) is 1.13. The molecular weight excluding hydrogens is 208 g/mol. The molecule has 0 aliphatic heterocycles. The number of anilines is 1. The number of hydrogen-bond acceptors (Lipinski definition) is 4. The van der Waals surface area contributed by atoms with Crippen LogP contribution in [0.15, 0.2) is 12.3 Å².